The van der Waals surface area contributed by atoms with Crippen LogP contribution in [0.25, 0.3) is 0 Å². The van der Waals surface area contributed by atoms with Crippen LogP contribution in [0.15, 0.2) is 24.5 Å². The quantitative estimate of drug-likeness (QED) is 0.747. The van der Waals surface area contributed by atoms with Crippen molar-refractivity contribution < 1.29 is 9.47 Å². The lowest BCUT2D eigenvalue weighted by Crippen LogP contribution is -2.24. The average molecular weight is 357 g/mol. The summed E-state index contributed by atoms with van der Waals surface area (Å²) in [5, 5.41) is 6.88. The summed E-state index contributed by atoms with van der Waals surface area (Å²) in [5.74, 6) is 2.40. The highest BCUT2D eigenvalue weighted by atomic mass is 16.5. The van der Waals surface area contributed by atoms with Crippen molar-refractivity contribution in [1.82, 2.24) is 20.3 Å². The molecule has 140 valence electrons. The molecule has 3 rings (SSSR count). The number of nitrogens with one attached hydrogen (secondary N) is 2. The number of hydrogen-bond donors (Lipinski definition) is 2. The highest BCUT2D eigenvalue weighted by Crippen LogP contribution is 2.20. The van der Waals surface area contributed by atoms with Gasteiger partial charge < -0.3 is 20.1 Å². The molecule has 0 fully saturated rings. The van der Waals surface area contributed by atoms with E-state index >= 15 is 0 Å². The number of hydrogen-bond acceptors (Lipinski definition) is 7. The first-order valence-corrected chi connectivity index (χ1v) is 9.24. The highest BCUT2D eigenvalue weighted by molar-refractivity contribution is 5.47. The maximum absolute atomic E-state index is 5.89. The van der Waals surface area contributed by atoms with Crippen LogP contribution in [0.3, 0.4) is 0 Å². The molecule has 0 aliphatic carbocycles. The average Bonchev–Trinajstić information content (AvgIpc) is 2.91. The summed E-state index contributed by atoms with van der Waals surface area (Å²) in [4.78, 5) is 13.5. The molecule has 0 radical (unpaired) electrons. The van der Waals surface area contributed by atoms with Crippen molar-refractivity contribution in [3.8, 4) is 5.75 Å². The Morgan fingerprint density at radius 1 is 1.27 bits per heavy atom. The molecular weight excluding hydrogens is 330 g/mol. The summed E-state index contributed by atoms with van der Waals surface area (Å²) >= 11 is 0. The minimum Gasteiger partial charge on any atom is -0.487 e. The van der Waals surface area contributed by atoms with Crippen LogP contribution in [-0.4, -0.2) is 47.3 Å². The number of anilines is 1. The van der Waals surface area contributed by atoms with E-state index in [2.05, 4.69) is 15.6 Å². The van der Waals surface area contributed by atoms with Gasteiger partial charge in [-0.15, -0.1) is 0 Å². The Kier molecular flexibility index (Phi) is 6.74. The van der Waals surface area contributed by atoms with Crippen LogP contribution >= 0.6 is 0 Å². The van der Waals surface area contributed by atoms with Gasteiger partial charge in [-0.25, -0.2) is 9.97 Å². The molecule has 0 spiro atoms. The van der Waals surface area contributed by atoms with E-state index in [1.54, 1.807) is 12.4 Å². The van der Waals surface area contributed by atoms with E-state index in [0.717, 1.165) is 49.0 Å². The van der Waals surface area contributed by atoms with Gasteiger partial charge in [0, 0.05) is 31.3 Å². The number of fused-ring (bicyclic) bond motifs is 1. The molecule has 0 aromatic carbocycles. The van der Waals surface area contributed by atoms with E-state index in [1.165, 1.54) is 5.56 Å². The van der Waals surface area contributed by atoms with Gasteiger partial charge in [0.2, 0.25) is 0 Å². The lowest BCUT2D eigenvalue weighted by atomic mass is 10.1. The second kappa shape index (κ2) is 9.45. The lowest BCUT2D eigenvalue weighted by molar-refractivity contribution is 0.128. The number of pyridine rings is 1. The predicted octanol–water partition coefficient (Wildman–Crippen LogP) is 1.98. The third-order valence-corrected chi connectivity index (χ3v) is 4.19. The van der Waals surface area contributed by atoms with Gasteiger partial charge in [0.15, 0.2) is 5.82 Å². The maximum Gasteiger partial charge on any atom is 0.156 e. The van der Waals surface area contributed by atoms with Crippen LogP contribution in [-0.2, 0) is 24.2 Å². The fourth-order valence-corrected chi connectivity index (χ4v) is 2.93. The van der Waals surface area contributed by atoms with E-state index in [9.17, 15) is 0 Å². The molecule has 0 bridgehead atoms. The van der Waals surface area contributed by atoms with E-state index < -0.39 is 0 Å². The molecule has 0 saturated carbocycles. The molecule has 0 amide bonds. The van der Waals surface area contributed by atoms with Crippen molar-refractivity contribution in [1.29, 1.82) is 0 Å². The van der Waals surface area contributed by atoms with Gasteiger partial charge in [-0.05, 0) is 38.9 Å². The summed E-state index contributed by atoms with van der Waals surface area (Å²) in [6.07, 6.45) is 5.28. The van der Waals surface area contributed by atoms with Crippen molar-refractivity contribution in [2.75, 3.05) is 31.6 Å². The zero-order valence-electron chi connectivity index (χ0n) is 15.5. The molecule has 0 saturated heterocycles. The minimum atomic E-state index is -0.0101. The normalized spacial score (nSPS) is 15.0. The van der Waals surface area contributed by atoms with Crippen molar-refractivity contribution in [3.63, 3.8) is 0 Å². The van der Waals surface area contributed by atoms with Crippen molar-refractivity contribution in [3.05, 3.63) is 41.6 Å². The van der Waals surface area contributed by atoms with E-state index in [-0.39, 0.29) is 6.10 Å². The molecule has 7 heteroatoms. The van der Waals surface area contributed by atoms with Gasteiger partial charge in [0.1, 0.15) is 24.3 Å². The SMILES string of the molecule is CCOCc1nc2c(c(NCC(C)Oc3cccnc3)n1)CCNCC2. The molecule has 1 atom stereocenters. The Morgan fingerprint density at radius 3 is 2.96 bits per heavy atom. The number of ether oxygens (including phenoxy) is 2. The van der Waals surface area contributed by atoms with E-state index in [1.807, 2.05) is 26.0 Å². The number of aromatic nitrogens is 3. The fourth-order valence-electron chi connectivity index (χ4n) is 2.93. The topological polar surface area (TPSA) is 81.2 Å². The molecular formula is C19H27N5O2. The fraction of sp³-hybridized carbons (Fsp3) is 0.526. The first kappa shape index (κ1) is 18.5. The largest absolute Gasteiger partial charge is 0.487 e. The smallest absolute Gasteiger partial charge is 0.156 e. The monoisotopic (exact) mass is 357 g/mol. The molecule has 26 heavy (non-hydrogen) atoms. The Balaban J connectivity index is 1.70. The first-order chi connectivity index (χ1) is 12.8. The van der Waals surface area contributed by atoms with Crippen molar-refractivity contribution in [2.45, 2.75) is 39.4 Å². The Hall–Kier alpha value is -2.25. The zero-order valence-corrected chi connectivity index (χ0v) is 15.5. The Labute approximate surface area is 154 Å². The van der Waals surface area contributed by atoms with Crippen LogP contribution in [0, 0.1) is 0 Å². The highest BCUT2D eigenvalue weighted by Gasteiger charge is 2.17. The predicted molar refractivity (Wildman–Crippen MR) is 100 cm³/mol. The van der Waals surface area contributed by atoms with Gasteiger partial charge in [-0.2, -0.15) is 0 Å². The van der Waals surface area contributed by atoms with Gasteiger partial charge in [0.25, 0.3) is 0 Å². The van der Waals surface area contributed by atoms with Gasteiger partial charge >= 0.3 is 0 Å². The van der Waals surface area contributed by atoms with Crippen LogP contribution in [0.4, 0.5) is 5.82 Å². The van der Waals surface area contributed by atoms with Crippen LogP contribution < -0.4 is 15.4 Å². The summed E-state index contributed by atoms with van der Waals surface area (Å²) in [7, 11) is 0. The molecule has 2 aromatic rings. The maximum atomic E-state index is 5.89. The third-order valence-electron chi connectivity index (χ3n) is 4.19. The summed E-state index contributed by atoms with van der Waals surface area (Å²) in [5.41, 5.74) is 2.31. The molecule has 7 nitrogen and oxygen atoms in total. The summed E-state index contributed by atoms with van der Waals surface area (Å²) < 4.78 is 11.4. The van der Waals surface area contributed by atoms with Crippen molar-refractivity contribution >= 4 is 5.82 Å². The summed E-state index contributed by atoms with van der Waals surface area (Å²) in [6.45, 7) is 7.64. The lowest BCUT2D eigenvalue weighted by Gasteiger charge is -2.18. The molecule has 1 aliphatic heterocycles. The second-order valence-corrected chi connectivity index (χ2v) is 6.30. The number of nitrogens with zero attached hydrogens (tertiary/aromatic N) is 3. The third kappa shape index (κ3) is 5.12. The molecule has 1 aliphatic rings. The number of rotatable bonds is 8. The van der Waals surface area contributed by atoms with Crippen LogP contribution in [0.1, 0.15) is 30.9 Å². The first-order valence-electron chi connectivity index (χ1n) is 9.24. The molecule has 3 heterocycles. The zero-order chi connectivity index (χ0) is 18.2. The van der Waals surface area contributed by atoms with Crippen LogP contribution in [0.5, 0.6) is 5.75 Å². The van der Waals surface area contributed by atoms with Gasteiger partial charge in [0.05, 0.1) is 18.4 Å². The summed E-state index contributed by atoms with van der Waals surface area (Å²) in [6, 6.07) is 3.78. The Morgan fingerprint density at radius 2 is 2.15 bits per heavy atom. The minimum absolute atomic E-state index is 0.0101. The van der Waals surface area contributed by atoms with Crippen LogP contribution in [0.2, 0.25) is 0 Å². The molecule has 2 aromatic heterocycles. The van der Waals surface area contributed by atoms with Gasteiger partial charge in [-0.1, -0.05) is 0 Å². The molecule has 1 unspecified atom stereocenters. The van der Waals surface area contributed by atoms with E-state index in [0.29, 0.717) is 19.8 Å². The Bertz CT molecular complexity index is 696. The molecule has 2 N–H and O–H groups in total. The standard InChI is InChI=1S/C19H27N5O2/c1-3-25-13-18-23-17-7-10-20-9-6-16(17)19(24-18)22-11-14(2)26-15-5-4-8-21-12-15/h4-5,8,12,14,20H,3,6-7,9-11,13H2,1-2H3,(H,22,23,24). The second-order valence-electron chi connectivity index (χ2n) is 6.30. The van der Waals surface area contributed by atoms with Crippen molar-refractivity contribution in [2.24, 2.45) is 0 Å². The van der Waals surface area contributed by atoms with E-state index in [4.69, 9.17) is 19.4 Å². The van der Waals surface area contributed by atoms with Gasteiger partial charge in [-0.3, -0.25) is 4.98 Å².